The van der Waals surface area contributed by atoms with E-state index < -0.39 is 0 Å². The molecule has 1 heterocycles. The molecule has 1 aromatic heterocycles. The van der Waals surface area contributed by atoms with E-state index in [0.717, 1.165) is 31.0 Å². The second-order valence-corrected chi connectivity index (χ2v) is 4.65. The first kappa shape index (κ1) is 13.4. The van der Waals surface area contributed by atoms with Crippen LogP contribution in [0.1, 0.15) is 11.3 Å². The fraction of sp³-hybridized carbons (Fsp3) is 0.357. The molecule has 2 rings (SSSR count). The van der Waals surface area contributed by atoms with Gasteiger partial charge in [-0.25, -0.2) is 0 Å². The van der Waals surface area contributed by atoms with Crippen LogP contribution in [0.5, 0.6) is 5.75 Å². The van der Waals surface area contributed by atoms with Crippen molar-refractivity contribution in [2.24, 2.45) is 0 Å². The normalized spacial score (nSPS) is 10.9. The average Bonchev–Trinajstić information content (AvgIpc) is 2.82. The summed E-state index contributed by atoms with van der Waals surface area (Å²) in [5, 5.41) is 6.84. The zero-order chi connectivity index (χ0) is 13.7. The first-order valence-electron chi connectivity index (χ1n) is 6.28. The number of hydrogen-bond donors (Lipinski definition) is 2. The van der Waals surface area contributed by atoms with Gasteiger partial charge < -0.3 is 15.4 Å². The summed E-state index contributed by atoms with van der Waals surface area (Å²) >= 11 is 0. The molecule has 0 saturated carbocycles. The molecule has 0 bridgehead atoms. The molecule has 0 atom stereocenters. The molecule has 0 unspecified atom stereocenters. The second-order valence-electron chi connectivity index (χ2n) is 4.65. The molecular formula is C14H20N4O. The van der Waals surface area contributed by atoms with Crippen LogP contribution in [0.2, 0.25) is 0 Å². The summed E-state index contributed by atoms with van der Waals surface area (Å²) < 4.78 is 5.14. The Morgan fingerprint density at radius 2 is 2.05 bits per heavy atom. The third-order valence-electron chi connectivity index (χ3n) is 3.03. The van der Waals surface area contributed by atoms with Gasteiger partial charge in [-0.05, 0) is 31.2 Å². The molecule has 19 heavy (non-hydrogen) atoms. The van der Waals surface area contributed by atoms with Crippen LogP contribution >= 0.6 is 0 Å². The highest BCUT2D eigenvalue weighted by Gasteiger charge is 2.03. The molecule has 0 amide bonds. The number of hydrogen-bond acceptors (Lipinski definition) is 4. The van der Waals surface area contributed by atoms with E-state index in [-0.39, 0.29) is 0 Å². The van der Waals surface area contributed by atoms with E-state index in [2.05, 4.69) is 34.3 Å². The first-order chi connectivity index (χ1) is 9.17. The van der Waals surface area contributed by atoms with Crippen molar-refractivity contribution in [3.63, 3.8) is 0 Å². The monoisotopic (exact) mass is 260 g/mol. The lowest BCUT2D eigenvalue weighted by Crippen LogP contribution is -2.20. The maximum atomic E-state index is 5.57. The van der Waals surface area contributed by atoms with Crippen molar-refractivity contribution in [3.05, 3.63) is 41.6 Å². The van der Waals surface area contributed by atoms with Crippen LogP contribution < -0.4 is 10.5 Å². The Morgan fingerprint density at radius 1 is 1.32 bits per heavy atom. The maximum Gasteiger partial charge on any atom is 0.145 e. The number of nitrogens with one attached hydrogen (secondary N) is 1. The molecule has 2 aromatic rings. The van der Waals surface area contributed by atoms with Gasteiger partial charge in [0.15, 0.2) is 0 Å². The molecule has 0 saturated heterocycles. The van der Waals surface area contributed by atoms with Crippen LogP contribution in [0.15, 0.2) is 30.3 Å². The van der Waals surface area contributed by atoms with Crippen LogP contribution in [-0.2, 0) is 13.0 Å². The number of H-pyrrole nitrogens is 1. The van der Waals surface area contributed by atoms with E-state index in [1.54, 1.807) is 7.11 Å². The smallest absolute Gasteiger partial charge is 0.145 e. The van der Waals surface area contributed by atoms with E-state index >= 15 is 0 Å². The quantitative estimate of drug-likeness (QED) is 0.829. The van der Waals surface area contributed by atoms with Gasteiger partial charge in [-0.2, -0.15) is 5.10 Å². The predicted octanol–water partition coefficient (Wildman–Crippen LogP) is 1.67. The number of anilines is 1. The number of rotatable bonds is 6. The van der Waals surface area contributed by atoms with Crippen LogP contribution in [-0.4, -0.2) is 35.8 Å². The van der Waals surface area contributed by atoms with Gasteiger partial charge in [0.1, 0.15) is 11.6 Å². The first-order valence-corrected chi connectivity index (χ1v) is 6.28. The largest absolute Gasteiger partial charge is 0.497 e. The lowest BCUT2D eigenvalue weighted by molar-refractivity contribution is 0.327. The van der Waals surface area contributed by atoms with Gasteiger partial charge in [0.25, 0.3) is 0 Å². The molecule has 1 aromatic carbocycles. The Kier molecular flexibility index (Phi) is 4.41. The van der Waals surface area contributed by atoms with Gasteiger partial charge in [0, 0.05) is 19.2 Å². The third kappa shape index (κ3) is 3.99. The summed E-state index contributed by atoms with van der Waals surface area (Å²) in [6.45, 7) is 1.80. The minimum atomic E-state index is 0.540. The van der Waals surface area contributed by atoms with Crippen molar-refractivity contribution >= 4 is 5.82 Å². The number of aromatic amines is 1. The number of aromatic nitrogens is 2. The molecule has 5 nitrogen and oxygen atoms in total. The fourth-order valence-corrected chi connectivity index (χ4v) is 1.94. The van der Waals surface area contributed by atoms with E-state index in [0.29, 0.717) is 5.82 Å². The van der Waals surface area contributed by atoms with Crippen LogP contribution in [0.3, 0.4) is 0 Å². The van der Waals surface area contributed by atoms with Gasteiger partial charge >= 0.3 is 0 Å². The standard InChI is InChI=1S/C14H20N4O/c1-18(10-12-9-14(15)17-16-12)8-7-11-3-5-13(19-2)6-4-11/h3-6,9H,7-8,10H2,1-2H3,(H3,15,16,17). The summed E-state index contributed by atoms with van der Waals surface area (Å²) in [6.07, 6.45) is 1.00. The second kappa shape index (κ2) is 6.24. The lowest BCUT2D eigenvalue weighted by atomic mass is 10.1. The zero-order valence-electron chi connectivity index (χ0n) is 11.4. The average molecular weight is 260 g/mol. The third-order valence-corrected chi connectivity index (χ3v) is 3.03. The van der Waals surface area contributed by atoms with Gasteiger partial charge in [-0.3, -0.25) is 5.10 Å². The maximum absolute atomic E-state index is 5.57. The van der Waals surface area contributed by atoms with E-state index in [4.69, 9.17) is 10.5 Å². The Balaban J connectivity index is 1.80. The number of nitrogens with zero attached hydrogens (tertiary/aromatic N) is 2. The molecule has 3 N–H and O–H groups in total. The van der Waals surface area contributed by atoms with Crippen molar-refractivity contribution in [1.29, 1.82) is 0 Å². The highest BCUT2D eigenvalue weighted by atomic mass is 16.5. The Labute approximate surface area is 113 Å². The van der Waals surface area contributed by atoms with Crippen molar-refractivity contribution in [2.75, 3.05) is 26.4 Å². The molecule has 0 aliphatic rings. The summed E-state index contributed by atoms with van der Waals surface area (Å²) in [4.78, 5) is 2.23. The van der Waals surface area contributed by atoms with Crippen molar-refractivity contribution in [1.82, 2.24) is 15.1 Å². The molecule has 0 spiro atoms. The van der Waals surface area contributed by atoms with Crippen molar-refractivity contribution < 1.29 is 4.74 Å². The Hall–Kier alpha value is -2.01. The van der Waals surface area contributed by atoms with E-state index in [9.17, 15) is 0 Å². The number of ether oxygens (including phenoxy) is 1. The SMILES string of the molecule is COc1ccc(CCN(C)Cc2cc(N)n[nH]2)cc1. The van der Waals surface area contributed by atoms with Crippen LogP contribution in [0.25, 0.3) is 0 Å². The molecule has 0 aliphatic heterocycles. The predicted molar refractivity (Wildman–Crippen MR) is 76.0 cm³/mol. The summed E-state index contributed by atoms with van der Waals surface area (Å²) in [5.74, 6) is 1.43. The van der Waals surface area contributed by atoms with Crippen LogP contribution in [0, 0.1) is 0 Å². The van der Waals surface area contributed by atoms with Gasteiger partial charge in [0.2, 0.25) is 0 Å². The lowest BCUT2D eigenvalue weighted by Gasteiger charge is -2.15. The summed E-state index contributed by atoms with van der Waals surface area (Å²) in [6, 6.07) is 10.0. The van der Waals surface area contributed by atoms with Gasteiger partial charge in [-0.1, -0.05) is 12.1 Å². The van der Waals surface area contributed by atoms with E-state index in [1.807, 2.05) is 18.2 Å². The molecule has 0 aliphatic carbocycles. The highest BCUT2D eigenvalue weighted by Crippen LogP contribution is 2.12. The summed E-state index contributed by atoms with van der Waals surface area (Å²) in [7, 11) is 3.76. The highest BCUT2D eigenvalue weighted by molar-refractivity contribution is 5.28. The zero-order valence-corrected chi connectivity index (χ0v) is 11.4. The number of likely N-dealkylation sites (N-methyl/N-ethyl adjacent to an activating group) is 1. The fourth-order valence-electron chi connectivity index (χ4n) is 1.94. The van der Waals surface area contributed by atoms with Gasteiger partial charge in [-0.15, -0.1) is 0 Å². The number of methoxy groups -OCH3 is 1. The van der Waals surface area contributed by atoms with Crippen molar-refractivity contribution in [3.8, 4) is 5.75 Å². The van der Waals surface area contributed by atoms with E-state index in [1.165, 1.54) is 5.56 Å². The number of nitrogens with two attached hydrogens (primary N) is 1. The van der Waals surface area contributed by atoms with Crippen LogP contribution in [0.4, 0.5) is 5.82 Å². The molecule has 0 radical (unpaired) electrons. The van der Waals surface area contributed by atoms with Gasteiger partial charge in [0.05, 0.1) is 12.8 Å². The molecule has 0 fully saturated rings. The number of nitrogen functional groups attached to an aromatic ring is 1. The topological polar surface area (TPSA) is 67.2 Å². The Bertz CT molecular complexity index is 506. The molecule has 5 heteroatoms. The number of benzene rings is 1. The Morgan fingerprint density at radius 3 is 2.63 bits per heavy atom. The minimum absolute atomic E-state index is 0.540. The van der Waals surface area contributed by atoms with Crippen molar-refractivity contribution in [2.45, 2.75) is 13.0 Å². The molecular weight excluding hydrogens is 240 g/mol. The summed E-state index contributed by atoms with van der Waals surface area (Å²) in [5.41, 5.74) is 7.91. The minimum Gasteiger partial charge on any atom is -0.497 e. The molecule has 102 valence electrons.